The summed E-state index contributed by atoms with van der Waals surface area (Å²) in [6, 6.07) is 8.64. The van der Waals surface area contributed by atoms with Crippen molar-refractivity contribution in [2.24, 2.45) is 5.92 Å². The number of methoxy groups -OCH3 is 1. The van der Waals surface area contributed by atoms with E-state index in [4.69, 9.17) is 4.74 Å². The summed E-state index contributed by atoms with van der Waals surface area (Å²) in [6.45, 7) is 0.972. The van der Waals surface area contributed by atoms with Gasteiger partial charge in [0.2, 0.25) is 5.91 Å². The Labute approximate surface area is 143 Å². The third kappa shape index (κ3) is 4.23. The van der Waals surface area contributed by atoms with Crippen molar-refractivity contribution in [3.05, 3.63) is 29.8 Å². The number of nitrogens with zero attached hydrogens (tertiary/aromatic N) is 1. The minimum absolute atomic E-state index is 0.342. The molecular formula is C19H27NO2S. The Bertz CT molecular complexity index is 532. The molecule has 1 heterocycles. The van der Waals surface area contributed by atoms with E-state index in [2.05, 4.69) is 17.0 Å². The maximum absolute atomic E-state index is 12.6. The zero-order chi connectivity index (χ0) is 16.1. The Kier molecular flexibility index (Phi) is 5.87. The van der Waals surface area contributed by atoms with E-state index < -0.39 is 0 Å². The lowest BCUT2D eigenvalue weighted by atomic mass is 9.78. The van der Waals surface area contributed by atoms with Crippen molar-refractivity contribution >= 4 is 17.7 Å². The highest BCUT2D eigenvalue weighted by molar-refractivity contribution is 7.99. The van der Waals surface area contributed by atoms with Crippen molar-refractivity contribution in [3.8, 4) is 5.75 Å². The lowest BCUT2D eigenvalue weighted by molar-refractivity contribution is -0.134. The van der Waals surface area contributed by atoms with Crippen LogP contribution in [-0.2, 0) is 10.5 Å². The number of likely N-dealkylation sites (tertiary alicyclic amines) is 1. The number of benzene rings is 1. The molecule has 2 aliphatic rings. The first-order valence-electron chi connectivity index (χ1n) is 8.78. The lowest BCUT2D eigenvalue weighted by Crippen LogP contribution is -2.50. The number of hydrogen-bond acceptors (Lipinski definition) is 3. The van der Waals surface area contributed by atoms with Gasteiger partial charge in [0.05, 0.1) is 12.9 Å². The predicted octanol–water partition coefficient (Wildman–Crippen LogP) is 4.11. The van der Waals surface area contributed by atoms with Crippen LogP contribution in [0.5, 0.6) is 5.75 Å². The first-order chi connectivity index (χ1) is 11.3. The van der Waals surface area contributed by atoms with Crippen molar-refractivity contribution in [1.29, 1.82) is 0 Å². The molecule has 1 aromatic rings. The molecule has 0 bridgehead atoms. The third-order valence-electron chi connectivity index (χ3n) is 5.19. The Balaban J connectivity index is 1.50. The van der Waals surface area contributed by atoms with E-state index in [0.29, 0.717) is 17.7 Å². The number of thioether (sulfide) groups is 1. The first-order valence-corrected chi connectivity index (χ1v) is 9.93. The second-order valence-electron chi connectivity index (χ2n) is 6.69. The molecule has 1 amide bonds. The van der Waals surface area contributed by atoms with Crippen molar-refractivity contribution in [2.45, 2.75) is 50.3 Å². The van der Waals surface area contributed by atoms with Crippen molar-refractivity contribution < 1.29 is 9.53 Å². The second-order valence-corrected chi connectivity index (χ2v) is 7.67. The van der Waals surface area contributed by atoms with Gasteiger partial charge in [0.15, 0.2) is 0 Å². The molecule has 4 heteroatoms. The number of amides is 1. The van der Waals surface area contributed by atoms with E-state index in [-0.39, 0.29) is 0 Å². The molecule has 2 unspecified atom stereocenters. The van der Waals surface area contributed by atoms with Gasteiger partial charge in [0.25, 0.3) is 0 Å². The Hall–Kier alpha value is -1.16. The van der Waals surface area contributed by atoms with Crippen LogP contribution < -0.4 is 4.74 Å². The summed E-state index contributed by atoms with van der Waals surface area (Å²) < 4.78 is 5.25. The fourth-order valence-electron chi connectivity index (χ4n) is 4.04. The van der Waals surface area contributed by atoms with Crippen LogP contribution in [0.4, 0.5) is 0 Å². The topological polar surface area (TPSA) is 29.5 Å². The molecule has 1 aliphatic heterocycles. The molecule has 1 saturated heterocycles. The zero-order valence-electron chi connectivity index (χ0n) is 14.0. The number of piperidine rings is 1. The zero-order valence-corrected chi connectivity index (χ0v) is 14.8. The van der Waals surface area contributed by atoms with Crippen LogP contribution in [0, 0.1) is 5.92 Å². The molecule has 0 aromatic heterocycles. The molecule has 23 heavy (non-hydrogen) atoms. The maximum Gasteiger partial charge on any atom is 0.232 e. The number of carbonyl (C=O) groups excluding carboxylic acids is 1. The summed E-state index contributed by atoms with van der Waals surface area (Å²) in [5.74, 6) is 3.46. The monoisotopic (exact) mass is 333 g/mol. The average molecular weight is 333 g/mol. The van der Waals surface area contributed by atoms with Gasteiger partial charge in [0.1, 0.15) is 5.75 Å². The fraction of sp³-hybridized carbons (Fsp3) is 0.632. The van der Waals surface area contributed by atoms with Gasteiger partial charge in [0, 0.05) is 18.3 Å². The molecule has 1 saturated carbocycles. The quantitative estimate of drug-likeness (QED) is 0.812. The highest BCUT2D eigenvalue weighted by Gasteiger charge is 2.35. The fourth-order valence-corrected chi connectivity index (χ4v) is 4.89. The standard InChI is InChI=1S/C19H27NO2S/c1-22-17-9-4-6-15(12-17)13-23-14-19(21)20-11-5-8-16-7-2-3-10-18(16)20/h4,6,9,12,16,18H,2-3,5,7-8,10-11,13-14H2,1H3. The molecule has 0 spiro atoms. The van der Waals surface area contributed by atoms with Gasteiger partial charge < -0.3 is 9.64 Å². The molecule has 1 aromatic carbocycles. The number of hydrogen-bond donors (Lipinski definition) is 0. The first kappa shape index (κ1) is 16.7. The van der Waals surface area contributed by atoms with Crippen molar-refractivity contribution in [1.82, 2.24) is 4.90 Å². The highest BCUT2D eigenvalue weighted by atomic mass is 32.2. The molecule has 126 valence electrons. The van der Waals surface area contributed by atoms with Gasteiger partial charge in [-0.05, 0) is 49.3 Å². The number of rotatable bonds is 5. The van der Waals surface area contributed by atoms with Gasteiger partial charge in [-0.1, -0.05) is 25.0 Å². The lowest BCUT2D eigenvalue weighted by Gasteiger charge is -2.44. The highest BCUT2D eigenvalue weighted by Crippen LogP contribution is 2.35. The second kappa shape index (κ2) is 8.09. The molecule has 3 rings (SSSR count). The van der Waals surface area contributed by atoms with E-state index >= 15 is 0 Å². The van der Waals surface area contributed by atoms with Gasteiger partial charge in [-0.2, -0.15) is 0 Å². The van der Waals surface area contributed by atoms with E-state index in [0.717, 1.165) is 24.0 Å². The van der Waals surface area contributed by atoms with Crippen LogP contribution in [0.2, 0.25) is 0 Å². The smallest absolute Gasteiger partial charge is 0.232 e. The van der Waals surface area contributed by atoms with Gasteiger partial charge >= 0.3 is 0 Å². The van der Waals surface area contributed by atoms with Crippen LogP contribution in [-0.4, -0.2) is 36.3 Å². The SMILES string of the molecule is COc1cccc(CSCC(=O)N2CCCC3CCCCC32)c1. The predicted molar refractivity (Wildman–Crippen MR) is 95.8 cm³/mol. The van der Waals surface area contributed by atoms with Gasteiger partial charge in [-0.25, -0.2) is 0 Å². The van der Waals surface area contributed by atoms with E-state index in [1.54, 1.807) is 18.9 Å². The van der Waals surface area contributed by atoms with Crippen LogP contribution in [0.1, 0.15) is 44.1 Å². The third-order valence-corrected chi connectivity index (χ3v) is 6.18. The number of ether oxygens (including phenoxy) is 1. The maximum atomic E-state index is 12.6. The average Bonchev–Trinajstić information content (AvgIpc) is 2.61. The molecule has 1 aliphatic carbocycles. The molecule has 3 nitrogen and oxygen atoms in total. The van der Waals surface area contributed by atoms with Gasteiger partial charge in [-0.3, -0.25) is 4.79 Å². The largest absolute Gasteiger partial charge is 0.497 e. The Morgan fingerprint density at radius 1 is 1.26 bits per heavy atom. The molecule has 2 fully saturated rings. The van der Waals surface area contributed by atoms with Crippen molar-refractivity contribution in [2.75, 3.05) is 19.4 Å². The minimum Gasteiger partial charge on any atom is -0.497 e. The molecule has 0 N–H and O–H groups in total. The number of fused-ring (bicyclic) bond motifs is 1. The molecule has 0 radical (unpaired) electrons. The van der Waals surface area contributed by atoms with Crippen LogP contribution in [0.3, 0.4) is 0 Å². The Morgan fingerprint density at radius 3 is 2.96 bits per heavy atom. The van der Waals surface area contributed by atoms with E-state index in [9.17, 15) is 4.79 Å². The van der Waals surface area contributed by atoms with Crippen molar-refractivity contribution in [3.63, 3.8) is 0 Å². The summed E-state index contributed by atoms with van der Waals surface area (Å²) in [5.41, 5.74) is 1.22. The van der Waals surface area contributed by atoms with Crippen LogP contribution in [0.15, 0.2) is 24.3 Å². The molecular weight excluding hydrogens is 306 g/mol. The van der Waals surface area contributed by atoms with E-state index in [1.165, 1.54) is 44.1 Å². The Morgan fingerprint density at radius 2 is 2.09 bits per heavy atom. The number of carbonyl (C=O) groups is 1. The summed E-state index contributed by atoms with van der Waals surface area (Å²) in [6.07, 6.45) is 7.71. The van der Waals surface area contributed by atoms with Crippen LogP contribution >= 0.6 is 11.8 Å². The minimum atomic E-state index is 0.342. The molecule has 2 atom stereocenters. The van der Waals surface area contributed by atoms with E-state index in [1.807, 2.05) is 12.1 Å². The summed E-state index contributed by atoms with van der Waals surface area (Å²) >= 11 is 1.72. The van der Waals surface area contributed by atoms with Crippen LogP contribution in [0.25, 0.3) is 0 Å². The normalized spacial score (nSPS) is 24.1. The van der Waals surface area contributed by atoms with Gasteiger partial charge in [-0.15, -0.1) is 11.8 Å². The summed E-state index contributed by atoms with van der Waals surface area (Å²) in [5, 5.41) is 0. The summed E-state index contributed by atoms with van der Waals surface area (Å²) in [4.78, 5) is 14.8. The summed E-state index contributed by atoms with van der Waals surface area (Å²) in [7, 11) is 1.69.